The smallest absolute Gasteiger partial charge is 0.286 e. The van der Waals surface area contributed by atoms with Crippen LogP contribution in [0.25, 0.3) is 11.4 Å². The summed E-state index contributed by atoms with van der Waals surface area (Å²) in [5.41, 5.74) is 3.99. The number of benzene rings is 1. The Morgan fingerprint density at radius 2 is 2.09 bits per heavy atom. The molecular formula is C24H26N4O2S2. The summed E-state index contributed by atoms with van der Waals surface area (Å²) in [7, 11) is 0. The monoisotopic (exact) mass is 466 g/mol. The lowest BCUT2D eigenvalue weighted by Gasteiger charge is -2.33. The summed E-state index contributed by atoms with van der Waals surface area (Å²) in [4.78, 5) is 18.2. The number of aryl methyl sites for hydroxylation is 1. The number of thioether (sulfide) groups is 1. The molecule has 0 bridgehead atoms. The third-order valence-corrected chi connectivity index (χ3v) is 7.89. The van der Waals surface area contributed by atoms with Crippen molar-refractivity contribution in [2.45, 2.75) is 52.2 Å². The zero-order valence-electron chi connectivity index (χ0n) is 18.7. The molecule has 0 spiro atoms. The third-order valence-electron chi connectivity index (χ3n) is 5.90. The quantitative estimate of drug-likeness (QED) is 0.474. The molecule has 1 aliphatic carbocycles. The lowest BCUT2D eigenvalue weighted by Crippen LogP contribution is -2.26. The number of carbonyl (C=O) groups is 1. The minimum Gasteiger partial charge on any atom is -0.327 e. The summed E-state index contributed by atoms with van der Waals surface area (Å²) in [5.74, 6) is 1.03. The Labute approximate surface area is 196 Å². The Morgan fingerprint density at radius 3 is 2.78 bits per heavy atom. The number of anilines is 1. The van der Waals surface area contributed by atoms with Crippen molar-refractivity contribution < 1.29 is 9.32 Å². The highest BCUT2D eigenvalue weighted by Crippen LogP contribution is 2.44. The molecule has 2 heterocycles. The molecule has 0 saturated carbocycles. The fourth-order valence-electron chi connectivity index (χ4n) is 3.91. The molecule has 166 valence electrons. The van der Waals surface area contributed by atoms with Crippen molar-refractivity contribution in [2.75, 3.05) is 11.1 Å². The molecule has 1 N–H and O–H groups in total. The second kappa shape index (κ2) is 9.08. The van der Waals surface area contributed by atoms with Crippen molar-refractivity contribution in [2.24, 2.45) is 11.3 Å². The lowest BCUT2D eigenvalue weighted by atomic mass is 9.72. The van der Waals surface area contributed by atoms with Crippen molar-refractivity contribution in [3.8, 4) is 17.5 Å². The van der Waals surface area contributed by atoms with Crippen LogP contribution < -0.4 is 5.32 Å². The van der Waals surface area contributed by atoms with Gasteiger partial charge in [-0.25, -0.2) is 0 Å². The zero-order valence-corrected chi connectivity index (χ0v) is 20.3. The largest absolute Gasteiger partial charge is 0.327 e. The maximum Gasteiger partial charge on any atom is 0.286 e. The van der Waals surface area contributed by atoms with Gasteiger partial charge in [0.2, 0.25) is 11.7 Å². The Kier molecular flexibility index (Phi) is 6.40. The van der Waals surface area contributed by atoms with E-state index in [0.29, 0.717) is 27.5 Å². The minimum absolute atomic E-state index is 0.133. The van der Waals surface area contributed by atoms with Gasteiger partial charge in [-0.1, -0.05) is 67.5 Å². The van der Waals surface area contributed by atoms with Gasteiger partial charge in [0, 0.05) is 10.4 Å². The van der Waals surface area contributed by atoms with Crippen LogP contribution in [0.3, 0.4) is 0 Å². The van der Waals surface area contributed by atoms with Gasteiger partial charge >= 0.3 is 0 Å². The van der Waals surface area contributed by atoms with Crippen LogP contribution in [-0.2, 0) is 17.6 Å². The lowest BCUT2D eigenvalue weighted by molar-refractivity contribution is -0.113. The second-order valence-corrected chi connectivity index (χ2v) is 11.2. The van der Waals surface area contributed by atoms with Crippen LogP contribution in [0, 0.1) is 29.6 Å². The summed E-state index contributed by atoms with van der Waals surface area (Å²) in [6, 6.07) is 10.2. The van der Waals surface area contributed by atoms with Gasteiger partial charge in [-0.2, -0.15) is 10.2 Å². The third kappa shape index (κ3) is 4.89. The first-order chi connectivity index (χ1) is 15.2. The van der Waals surface area contributed by atoms with E-state index in [1.165, 1.54) is 16.6 Å². The molecule has 1 aromatic carbocycles. The highest BCUT2D eigenvalue weighted by atomic mass is 32.2. The van der Waals surface area contributed by atoms with Gasteiger partial charge in [-0.15, -0.1) is 11.3 Å². The van der Waals surface area contributed by atoms with E-state index in [4.69, 9.17) is 4.52 Å². The van der Waals surface area contributed by atoms with Gasteiger partial charge in [0.1, 0.15) is 11.1 Å². The SMILES string of the molecule is Cc1ccc(-c2noc(SCC(=O)Nc3sc4c(c3C#N)CC[C@H](C(C)(C)C)C4)n2)cc1. The molecule has 4 rings (SSSR count). The van der Waals surface area contributed by atoms with E-state index in [-0.39, 0.29) is 17.1 Å². The number of nitrogens with zero attached hydrogens (tertiary/aromatic N) is 3. The number of rotatable bonds is 5. The van der Waals surface area contributed by atoms with Crippen LogP contribution >= 0.6 is 23.1 Å². The Morgan fingerprint density at radius 1 is 1.34 bits per heavy atom. The maximum atomic E-state index is 12.6. The molecule has 1 aliphatic rings. The number of thiophene rings is 1. The van der Waals surface area contributed by atoms with Gasteiger partial charge in [0.25, 0.3) is 5.22 Å². The van der Waals surface area contributed by atoms with Crippen molar-refractivity contribution in [1.82, 2.24) is 10.1 Å². The number of carbonyl (C=O) groups excluding carboxylic acids is 1. The topological polar surface area (TPSA) is 91.8 Å². The minimum atomic E-state index is -0.187. The Hall–Kier alpha value is -2.63. The number of hydrogen-bond acceptors (Lipinski definition) is 7. The molecule has 1 amide bonds. The first kappa shape index (κ1) is 22.6. The van der Waals surface area contributed by atoms with Crippen LogP contribution in [0.2, 0.25) is 0 Å². The molecule has 32 heavy (non-hydrogen) atoms. The average Bonchev–Trinajstić information content (AvgIpc) is 3.35. The zero-order chi connectivity index (χ0) is 22.9. The van der Waals surface area contributed by atoms with Gasteiger partial charge in [-0.3, -0.25) is 4.79 Å². The summed E-state index contributed by atoms with van der Waals surface area (Å²) in [5, 5.41) is 17.6. The van der Waals surface area contributed by atoms with Crippen LogP contribution in [0.1, 0.15) is 48.8 Å². The molecule has 0 aliphatic heterocycles. The van der Waals surface area contributed by atoms with E-state index >= 15 is 0 Å². The van der Waals surface area contributed by atoms with E-state index in [2.05, 4.69) is 42.3 Å². The number of hydrogen-bond donors (Lipinski definition) is 1. The molecule has 0 radical (unpaired) electrons. The van der Waals surface area contributed by atoms with Crippen LogP contribution in [0.4, 0.5) is 5.00 Å². The van der Waals surface area contributed by atoms with Crippen molar-refractivity contribution in [1.29, 1.82) is 5.26 Å². The van der Waals surface area contributed by atoms with Gasteiger partial charge in [-0.05, 0) is 43.1 Å². The maximum absolute atomic E-state index is 12.6. The Bertz CT molecular complexity index is 1170. The van der Waals surface area contributed by atoms with Gasteiger partial charge in [0.05, 0.1) is 11.3 Å². The number of fused-ring (bicyclic) bond motifs is 1. The molecule has 6 nitrogen and oxygen atoms in total. The molecule has 3 aromatic rings. The predicted molar refractivity (Wildman–Crippen MR) is 128 cm³/mol. The first-order valence-electron chi connectivity index (χ1n) is 10.6. The van der Waals surface area contributed by atoms with E-state index in [9.17, 15) is 10.1 Å². The standard InChI is InChI=1S/C24H26N4O2S2/c1-14-5-7-15(8-6-14)21-27-23(30-28-21)31-13-20(29)26-22-18(12-25)17-10-9-16(24(2,3)4)11-19(17)32-22/h5-8,16H,9-11,13H2,1-4H3,(H,26,29)/t16-/m0/s1. The van der Waals surface area contributed by atoms with E-state index in [0.717, 1.165) is 36.0 Å². The second-order valence-electron chi connectivity index (χ2n) is 9.21. The van der Waals surface area contributed by atoms with Crippen molar-refractivity contribution >= 4 is 34.0 Å². The summed E-state index contributed by atoms with van der Waals surface area (Å²) in [6.45, 7) is 8.82. The number of nitrogens with one attached hydrogen (secondary N) is 1. The number of aromatic nitrogens is 2. The summed E-state index contributed by atoms with van der Waals surface area (Å²) < 4.78 is 5.28. The molecule has 2 aromatic heterocycles. The molecule has 8 heteroatoms. The number of nitriles is 1. The highest BCUT2D eigenvalue weighted by molar-refractivity contribution is 7.99. The van der Waals surface area contributed by atoms with Crippen LogP contribution in [-0.4, -0.2) is 21.8 Å². The summed E-state index contributed by atoms with van der Waals surface area (Å²) in [6.07, 6.45) is 2.93. The van der Waals surface area contributed by atoms with E-state index in [1.54, 1.807) is 11.3 Å². The predicted octanol–water partition coefficient (Wildman–Crippen LogP) is 5.86. The summed E-state index contributed by atoms with van der Waals surface area (Å²) >= 11 is 2.73. The van der Waals surface area contributed by atoms with Crippen molar-refractivity contribution in [3.63, 3.8) is 0 Å². The fourth-order valence-corrected chi connectivity index (χ4v) is 5.77. The molecular weight excluding hydrogens is 440 g/mol. The van der Waals surface area contributed by atoms with E-state index < -0.39 is 0 Å². The van der Waals surface area contributed by atoms with Gasteiger partial charge < -0.3 is 9.84 Å². The van der Waals surface area contributed by atoms with Crippen LogP contribution in [0.15, 0.2) is 34.0 Å². The molecule has 1 atom stereocenters. The van der Waals surface area contributed by atoms with Crippen molar-refractivity contribution in [3.05, 3.63) is 45.8 Å². The van der Waals surface area contributed by atoms with Crippen LogP contribution in [0.5, 0.6) is 0 Å². The highest BCUT2D eigenvalue weighted by Gasteiger charge is 2.32. The van der Waals surface area contributed by atoms with Gasteiger partial charge in [0.15, 0.2) is 0 Å². The Balaban J connectivity index is 1.39. The number of amides is 1. The molecule has 0 unspecified atom stereocenters. The first-order valence-corrected chi connectivity index (χ1v) is 12.4. The normalized spacial score (nSPS) is 15.8. The average molecular weight is 467 g/mol. The van der Waals surface area contributed by atoms with E-state index in [1.807, 2.05) is 31.2 Å². The fraction of sp³-hybridized carbons (Fsp3) is 0.417. The molecule has 0 saturated heterocycles. The molecule has 0 fully saturated rings.